The van der Waals surface area contributed by atoms with Crippen LogP contribution in [-0.4, -0.2) is 19.3 Å². The number of fused-ring (bicyclic) bond motifs is 1. The van der Waals surface area contributed by atoms with E-state index in [0.717, 1.165) is 28.4 Å². The Bertz CT molecular complexity index is 772. The Labute approximate surface area is 147 Å². The second kappa shape index (κ2) is 7.47. The second-order valence-corrected chi connectivity index (χ2v) is 6.27. The van der Waals surface area contributed by atoms with Gasteiger partial charge < -0.3 is 19.5 Å². The Morgan fingerprint density at radius 3 is 2.76 bits per heavy atom. The molecule has 132 valence electrons. The molecule has 0 aromatic heterocycles. The predicted molar refractivity (Wildman–Crippen MR) is 95.2 cm³/mol. The summed E-state index contributed by atoms with van der Waals surface area (Å²) in [6.07, 6.45) is 0.308. The van der Waals surface area contributed by atoms with Gasteiger partial charge in [0.2, 0.25) is 12.7 Å². The quantitative estimate of drug-likeness (QED) is 0.871. The van der Waals surface area contributed by atoms with Gasteiger partial charge in [0.1, 0.15) is 5.75 Å². The van der Waals surface area contributed by atoms with Crippen LogP contribution in [0.25, 0.3) is 0 Å². The van der Waals surface area contributed by atoms with Crippen molar-refractivity contribution in [3.8, 4) is 17.2 Å². The van der Waals surface area contributed by atoms with Gasteiger partial charge in [-0.1, -0.05) is 23.8 Å². The lowest BCUT2D eigenvalue weighted by Gasteiger charge is -2.15. The molecule has 0 saturated carbocycles. The Morgan fingerprint density at radius 1 is 1.16 bits per heavy atom. The fourth-order valence-electron chi connectivity index (χ4n) is 2.79. The summed E-state index contributed by atoms with van der Waals surface area (Å²) in [4.78, 5) is 12.1. The van der Waals surface area contributed by atoms with Gasteiger partial charge in [-0.15, -0.1) is 0 Å². The summed E-state index contributed by atoms with van der Waals surface area (Å²) in [5.41, 5.74) is 3.25. The van der Waals surface area contributed by atoms with Crippen LogP contribution in [0.4, 0.5) is 0 Å². The molecule has 1 amide bonds. The number of benzene rings is 2. The smallest absolute Gasteiger partial charge is 0.231 e. The molecule has 1 aliphatic heterocycles. The van der Waals surface area contributed by atoms with E-state index in [4.69, 9.17) is 14.2 Å². The van der Waals surface area contributed by atoms with Crippen molar-refractivity contribution in [3.05, 3.63) is 53.1 Å². The highest BCUT2D eigenvalue weighted by Gasteiger charge is 2.16. The SMILES string of the molecule is Cc1ccc(OCCC(=O)N[C@@H](C)c2ccc3c(c2)OCO3)c(C)c1. The number of nitrogens with one attached hydrogen (secondary N) is 1. The molecule has 5 nitrogen and oxygen atoms in total. The van der Waals surface area contributed by atoms with Crippen molar-refractivity contribution >= 4 is 5.91 Å². The van der Waals surface area contributed by atoms with Crippen molar-refractivity contribution in [2.24, 2.45) is 0 Å². The van der Waals surface area contributed by atoms with E-state index in [2.05, 4.69) is 11.4 Å². The zero-order chi connectivity index (χ0) is 17.8. The van der Waals surface area contributed by atoms with Gasteiger partial charge in [-0.05, 0) is 50.1 Å². The Morgan fingerprint density at radius 2 is 1.96 bits per heavy atom. The average molecular weight is 341 g/mol. The second-order valence-electron chi connectivity index (χ2n) is 6.27. The minimum absolute atomic E-state index is 0.0464. The summed E-state index contributed by atoms with van der Waals surface area (Å²) in [7, 11) is 0. The molecule has 0 unspecified atom stereocenters. The van der Waals surface area contributed by atoms with Crippen LogP contribution in [0.15, 0.2) is 36.4 Å². The maximum atomic E-state index is 12.1. The molecule has 25 heavy (non-hydrogen) atoms. The third kappa shape index (κ3) is 4.24. The highest BCUT2D eigenvalue weighted by molar-refractivity contribution is 5.76. The predicted octanol–water partition coefficient (Wildman–Crippen LogP) is 3.68. The van der Waals surface area contributed by atoms with Crippen LogP contribution in [0.2, 0.25) is 0 Å². The molecular formula is C20H23NO4. The van der Waals surface area contributed by atoms with Gasteiger partial charge in [0.25, 0.3) is 0 Å². The zero-order valence-corrected chi connectivity index (χ0v) is 14.8. The van der Waals surface area contributed by atoms with Gasteiger partial charge in [-0.2, -0.15) is 0 Å². The molecule has 0 saturated heterocycles. The first kappa shape index (κ1) is 17.1. The molecule has 2 aromatic rings. The van der Waals surface area contributed by atoms with Gasteiger partial charge in [0.15, 0.2) is 11.5 Å². The van der Waals surface area contributed by atoms with Crippen molar-refractivity contribution in [2.45, 2.75) is 33.2 Å². The standard InChI is InChI=1S/C20H23NO4/c1-13-4-6-17(14(2)10-13)23-9-8-20(22)21-15(3)16-5-7-18-19(11-16)25-12-24-18/h4-7,10-11,15H,8-9,12H2,1-3H3,(H,21,22)/t15-/m0/s1. The lowest BCUT2D eigenvalue weighted by atomic mass is 10.1. The molecule has 0 aliphatic carbocycles. The van der Waals surface area contributed by atoms with E-state index < -0.39 is 0 Å². The van der Waals surface area contributed by atoms with Gasteiger partial charge in [-0.3, -0.25) is 4.79 Å². The molecule has 5 heteroatoms. The van der Waals surface area contributed by atoms with E-state index in [1.165, 1.54) is 5.56 Å². The molecule has 0 fully saturated rings. The summed E-state index contributed by atoms with van der Waals surface area (Å²) in [5.74, 6) is 2.23. The molecule has 1 N–H and O–H groups in total. The van der Waals surface area contributed by atoms with Gasteiger partial charge >= 0.3 is 0 Å². The van der Waals surface area contributed by atoms with Gasteiger partial charge in [0.05, 0.1) is 19.1 Å². The Balaban J connectivity index is 1.48. The van der Waals surface area contributed by atoms with Crippen LogP contribution in [0, 0.1) is 13.8 Å². The normalized spacial score (nSPS) is 13.4. The molecule has 0 radical (unpaired) electrons. The largest absolute Gasteiger partial charge is 0.493 e. The summed E-state index contributed by atoms with van der Waals surface area (Å²) in [5, 5.41) is 2.98. The zero-order valence-electron chi connectivity index (χ0n) is 14.8. The van der Waals surface area contributed by atoms with E-state index in [1.54, 1.807) is 0 Å². The molecule has 1 atom stereocenters. The highest BCUT2D eigenvalue weighted by atomic mass is 16.7. The summed E-state index contributed by atoms with van der Waals surface area (Å²) in [6, 6.07) is 11.6. The first-order valence-corrected chi connectivity index (χ1v) is 8.42. The molecule has 0 spiro atoms. The number of hydrogen-bond donors (Lipinski definition) is 1. The third-order valence-electron chi connectivity index (χ3n) is 4.19. The fourth-order valence-corrected chi connectivity index (χ4v) is 2.79. The van der Waals surface area contributed by atoms with Crippen LogP contribution < -0.4 is 19.5 Å². The van der Waals surface area contributed by atoms with E-state index in [0.29, 0.717) is 13.0 Å². The van der Waals surface area contributed by atoms with Crippen molar-refractivity contribution < 1.29 is 19.0 Å². The molecule has 2 aromatic carbocycles. The number of carbonyl (C=O) groups is 1. The van der Waals surface area contributed by atoms with Crippen LogP contribution in [0.3, 0.4) is 0 Å². The van der Waals surface area contributed by atoms with E-state index in [9.17, 15) is 4.79 Å². The van der Waals surface area contributed by atoms with E-state index >= 15 is 0 Å². The molecular weight excluding hydrogens is 318 g/mol. The van der Waals surface area contributed by atoms with Crippen LogP contribution in [0.5, 0.6) is 17.2 Å². The summed E-state index contributed by atoms with van der Waals surface area (Å²) in [6.45, 7) is 6.59. The Hall–Kier alpha value is -2.69. The average Bonchev–Trinajstić information content (AvgIpc) is 3.04. The lowest BCUT2D eigenvalue weighted by molar-refractivity contribution is -0.122. The van der Waals surface area contributed by atoms with Crippen molar-refractivity contribution in [1.82, 2.24) is 5.32 Å². The number of hydrogen-bond acceptors (Lipinski definition) is 4. The minimum atomic E-state index is -0.108. The number of ether oxygens (including phenoxy) is 3. The number of carbonyl (C=O) groups excluding carboxylic acids is 1. The monoisotopic (exact) mass is 341 g/mol. The van der Waals surface area contributed by atoms with Crippen molar-refractivity contribution in [1.29, 1.82) is 0 Å². The summed E-state index contributed by atoms with van der Waals surface area (Å²) < 4.78 is 16.4. The first-order chi connectivity index (χ1) is 12.0. The van der Waals surface area contributed by atoms with Gasteiger partial charge in [-0.25, -0.2) is 0 Å². The first-order valence-electron chi connectivity index (χ1n) is 8.42. The minimum Gasteiger partial charge on any atom is -0.493 e. The fraction of sp³-hybridized carbons (Fsp3) is 0.350. The lowest BCUT2D eigenvalue weighted by Crippen LogP contribution is -2.27. The van der Waals surface area contributed by atoms with E-state index in [1.807, 2.05) is 51.1 Å². The maximum Gasteiger partial charge on any atom is 0.231 e. The van der Waals surface area contributed by atoms with Crippen LogP contribution in [-0.2, 0) is 4.79 Å². The van der Waals surface area contributed by atoms with Crippen LogP contribution >= 0.6 is 0 Å². The molecule has 3 rings (SSSR count). The topological polar surface area (TPSA) is 56.8 Å². The van der Waals surface area contributed by atoms with Crippen LogP contribution in [0.1, 0.15) is 36.1 Å². The number of aryl methyl sites for hydroxylation is 2. The van der Waals surface area contributed by atoms with Crippen molar-refractivity contribution in [3.63, 3.8) is 0 Å². The van der Waals surface area contributed by atoms with Crippen molar-refractivity contribution in [2.75, 3.05) is 13.4 Å². The molecule has 1 heterocycles. The molecule has 0 bridgehead atoms. The van der Waals surface area contributed by atoms with Gasteiger partial charge in [0, 0.05) is 0 Å². The Kier molecular flexibility index (Phi) is 5.12. The highest BCUT2D eigenvalue weighted by Crippen LogP contribution is 2.34. The number of amides is 1. The molecule has 1 aliphatic rings. The summed E-state index contributed by atoms with van der Waals surface area (Å²) >= 11 is 0. The maximum absolute atomic E-state index is 12.1. The van der Waals surface area contributed by atoms with E-state index in [-0.39, 0.29) is 18.7 Å². The third-order valence-corrected chi connectivity index (χ3v) is 4.19. The number of rotatable bonds is 6.